The number of hydrogen-bond donors (Lipinski definition) is 0. The molecule has 3 rings (SSSR count). The van der Waals surface area contributed by atoms with Gasteiger partial charge in [0, 0.05) is 25.0 Å². The first-order chi connectivity index (χ1) is 14.0. The zero-order chi connectivity index (χ0) is 21.9. The Kier molecular flexibility index (Phi) is 6.43. The van der Waals surface area contributed by atoms with Gasteiger partial charge >= 0.3 is 12.2 Å². The van der Waals surface area contributed by atoms with E-state index in [-0.39, 0.29) is 17.9 Å². The molecule has 0 unspecified atom stereocenters. The highest BCUT2D eigenvalue weighted by Crippen LogP contribution is 2.38. The van der Waals surface area contributed by atoms with Crippen molar-refractivity contribution in [2.24, 2.45) is 0 Å². The second kappa shape index (κ2) is 8.70. The number of halogens is 3. The molecule has 0 spiro atoms. The van der Waals surface area contributed by atoms with Gasteiger partial charge in [0.05, 0.1) is 6.10 Å². The van der Waals surface area contributed by atoms with Gasteiger partial charge < -0.3 is 14.4 Å². The lowest BCUT2D eigenvalue weighted by Crippen LogP contribution is -2.26. The largest absolute Gasteiger partial charge is 0.490 e. The summed E-state index contributed by atoms with van der Waals surface area (Å²) in [6.45, 7) is 5.34. The fourth-order valence-corrected chi connectivity index (χ4v) is 3.40. The van der Waals surface area contributed by atoms with Crippen LogP contribution < -0.4 is 14.4 Å². The van der Waals surface area contributed by atoms with Crippen LogP contribution in [0.2, 0.25) is 0 Å². The maximum absolute atomic E-state index is 13.6. The third kappa shape index (κ3) is 5.77. The lowest BCUT2D eigenvalue weighted by atomic mass is 9.98. The molecule has 164 valence electrons. The smallest absolute Gasteiger partial charge is 0.421 e. The van der Waals surface area contributed by atoms with Crippen LogP contribution >= 0.6 is 0 Å². The Hall–Kier alpha value is -2.51. The standard InChI is InChI=1S/C22H28F3N3O2/c1-21(2,3)30-20-26-14-18(22(23,24)25)19(27-20)28(4)15-9-8-12-17(13-15)29-16-10-6-5-7-11-16/h8-9,12-14,16H,5-7,10-11H2,1-4H3. The summed E-state index contributed by atoms with van der Waals surface area (Å²) in [7, 11) is 1.54. The van der Waals surface area contributed by atoms with Gasteiger partial charge in [-0.15, -0.1) is 0 Å². The molecule has 1 aliphatic carbocycles. The van der Waals surface area contributed by atoms with Gasteiger partial charge in [-0.2, -0.15) is 18.2 Å². The molecule has 30 heavy (non-hydrogen) atoms. The molecule has 0 saturated heterocycles. The predicted octanol–water partition coefficient (Wildman–Crippen LogP) is 6.15. The molecule has 0 aliphatic heterocycles. The van der Waals surface area contributed by atoms with Crippen molar-refractivity contribution in [2.75, 3.05) is 11.9 Å². The topological polar surface area (TPSA) is 47.5 Å². The highest BCUT2D eigenvalue weighted by Gasteiger charge is 2.37. The van der Waals surface area contributed by atoms with Gasteiger partial charge in [-0.05, 0) is 58.6 Å². The molecule has 1 aliphatic rings. The van der Waals surface area contributed by atoms with E-state index in [1.165, 1.54) is 18.4 Å². The van der Waals surface area contributed by atoms with Crippen LogP contribution in [0.3, 0.4) is 0 Å². The zero-order valence-corrected chi connectivity index (χ0v) is 17.8. The molecule has 1 fully saturated rings. The van der Waals surface area contributed by atoms with E-state index in [2.05, 4.69) is 9.97 Å². The van der Waals surface area contributed by atoms with Crippen LogP contribution in [0.15, 0.2) is 30.5 Å². The maximum Gasteiger partial charge on any atom is 0.421 e. The molecule has 1 heterocycles. The molecule has 0 atom stereocenters. The number of nitrogens with zero attached hydrogens (tertiary/aromatic N) is 3. The van der Waals surface area contributed by atoms with Crippen molar-refractivity contribution in [2.45, 2.75) is 70.8 Å². The Labute approximate surface area is 175 Å². The molecule has 0 bridgehead atoms. The third-order valence-corrected chi connectivity index (χ3v) is 4.83. The van der Waals surface area contributed by atoms with E-state index in [9.17, 15) is 13.2 Å². The van der Waals surface area contributed by atoms with E-state index in [1.807, 2.05) is 6.07 Å². The van der Waals surface area contributed by atoms with Crippen molar-refractivity contribution in [1.82, 2.24) is 9.97 Å². The van der Waals surface area contributed by atoms with Gasteiger partial charge in [0.15, 0.2) is 5.82 Å². The number of anilines is 2. The quantitative estimate of drug-likeness (QED) is 0.577. The molecule has 1 saturated carbocycles. The minimum Gasteiger partial charge on any atom is -0.490 e. The fraction of sp³-hybridized carbons (Fsp3) is 0.545. The van der Waals surface area contributed by atoms with Crippen molar-refractivity contribution >= 4 is 11.5 Å². The molecular formula is C22H28F3N3O2. The highest BCUT2D eigenvalue weighted by molar-refractivity contribution is 5.64. The van der Waals surface area contributed by atoms with Gasteiger partial charge in [-0.3, -0.25) is 0 Å². The zero-order valence-electron chi connectivity index (χ0n) is 17.8. The van der Waals surface area contributed by atoms with Gasteiger partial charge in [0.1, 0.15) is 16.9 Å². The van der Waals surface area contributed by atoms with Crippen molar-refractivity contribution in [3.63, 3.8) is 0 Å². The Morgan fingerprint density at radius 3 is 2.40 bits per heavy atom. The summed E-state index contributed by atoms with van der Waals surface area (Å²) in [5.74, 6) is 0.367. The SMILES string of the molecule is CN(c1cccc(OC2CCCCC2)c1)c1nc(OC(C)(C)C)ncc1C(F)(F)F. The van der Waals surface area contributed by atoms with Crippen molar-refractivity contribution in [3.8, 4) is 11.8 Å². The number of benzene rings is 1. The predicted molar refractivity (Wildman–Crippen MR) is 109 cm³/mol. The number of aromatic nitrogens is 2. The van der Waals surface area contributed by atoms with E-state index in [0.29, 0.717) is 11.4 Å². The summed E-state index contributed by atoms with van der Waals surface area (Å²) in [4.78, 5) is 9.22. The third-order valence-electron chi connectivity index (χ3n) is 4.83. The van der Waals surface area contributed by atoms with E-state index in [0.717, 1.165) is 31.9 Å². The summed E-state index contributed by atoms with van der Waals surface area (Å²) < 4.78 is 52.5. The summed E-state index contributed by atoms with van der Waals surface area (Å²) in [6.07, 6.45) is 1.80. The average Bonchev–Trinajstić information content (AvgIpc) is 2.66. The minimum atomic E-state index is -4.60. The van der Waals surface area contributed by atoms with Gasteiger partial charge in [0.2, 0.25) is 0 Å². The molecule has 2 aromatic rings. The van der Waals surface area contributed by atoms with E-state index < -0.39 is 17.3 Å². The second-order valence-electron chi connectivity index (χ2n) is 8.54. The van der Waals surface area contributed by atoms with E-state index in [1.54, 1.807) is 39.0 Å². The molecule has 1 aromatic carbocycles. The average molecular weight is 423 g/mol. The van der Waals surface area contributed by atoms with Gasteiger partial charge in [-0.25, -0.2) is 4.98 Å². The molecule has 8 heteroatoms. The van der Waals surface area contributed by atoms with E-state index in [4.69, 9.17) is 9.47 Å². The number of rotatable bonds is 5. The van der Waals surface area contributed by atoms with Crippen molar-refractivity contribution < 1.29 is 22.6 Å². The monoisotopic (exact) mass is 423 g/mol. The van der Waals surface area contributed by atoms with Gasteiger partial charge in [-0.1, -0.05) is 12.5 Å². The van der Waals surface area contributed by atoms with Gasteiger partial charge in [0.25, 0.3) is 0 Å². The molecule has 0 radical (unpaired) electrons. The first-order valence-electron chi connectivity index (χ1n) is 10.2. The first-order valence-corrected chi connectivity index (χ1v) is 10.2. The molecule has 1 aromatic heterocycles. The summed E-state index contributed by atoms with van der Waals surface area (Å²) in [5.41, 5.74) is -1.03. The Bertz CT molecular complexity index is 859. The van der Waals surface area contributed by atoms with Crippen LogP contribution in [0.25, 0.3) is 0 Å². The van der Waals surface area contributed by atoms with Crippen LogP contribution in [0.4, 0.5) is 24.7 Å². The number of ether oxygens (including phenoxy) is 2. The first kappa shape index (κ1) is 22.2. The van der Waals surface area contributed by atoms with Crippen molar-refractivity contribution in [3.05, 3.63) is 36.0 Å². The molecular weight excluding hydrogens is 395 g/mol. The Morgan fingerprint density at radius 2 is 1.77 bits per heavy atom. The second-order valence-corrected chi connectivity index (χ2v) is 8.54. The van der Waals surface area contributed by atoms with Crippen LogP contribution in [0.5, 0.6) is 11.8 Å². The van der Waals surface area contributed by atoms with E-state index >= 15 is 0 Å². The molecule has 0 N–H and O–H groups in total. The number of hydrogen-bond acceptors (Lipinski definition) is 5. The number of alkyl halides is 3. The normalized spacial score (nSPS) is 15.7. The summed E-state index contributed by atoms with van der Waals surface area (Å²) in [6, 6.07) is 6.95. The Balaban J connectivity index is 1.91. The Morgan fingerprint density at radius 1 is 1.07 bits per heavy atom. The van der Waals surface area contributed by atoms with Crippen molar-refractivity contribution in [1.29, 1.82) is 0 Å². The summed E-state index contributed by atoms with van der Waals surface area (Å²) in [5, 5.41) is 0. The molecule has 0 amide bonds. The highest BCUT2D eigenvalue weighted by atomic mass is 19.4. The van der Waals surface area contributed by atoms with Crippen LogP contribution in [0.1, 0.15) is 58.4 Å². The maximum atomic E-state index is 13.6. The summed E-state index contributed by atoms with van der Waals surface area (Å²) >= 11 is 0. The van der Waals surface area contributed by atoms with Crippen LogP contribution in [-0.4, -0.2) is 28.7 Å². The minimum absolute atomic E-state index is 0.105. The van der Waals surface area contributed by atoms with Crippen LogP contribution in [0, 0.1) is 0 Å². The fourth-order valence-electron chi connectivity index (χ4n) is 3.40. The lowest BCUT2D eigenvalue weighted by molar-refractivity contribution is -0.137. The lowest BCUT2D eigenvalue weighted by Gasteiger charge is -2.26. The molecule has 5 nitrogen and oxygen atoms in total. The van der Waals surface area contributed by atoms with Crippen LogP contribution in [-0.2, 0) is 6.18 Å².